The first-order valence-electron chi connectivity index (χ1n) is 5.26. The van der Waals surface area contributed by atoms with Gasteiger partial charge in [-0.2, -0.15) is 4.99 Å². The molecule has 0 aliphatic rings. The minimum atomic E-state index is 0.595. The van der Waals surface area contributed by atoms with E-state index >= 15 is 0 Å². The molecule has 0 aliphatic carbocycles. The van der Waals surface area contributed by atoms with Crippen LogP contribution in [0.2, 0.25) is 5.02 Å². The molecule has 17 heavy (non-hydrogen) atoms. The van der Waals surface area contributed by atoms with E-state index in [1.807, 2.05) is 42.5 Å². The molecule has 0 spiro atoms. The summed E-state index contributed by atoms with van der Waals surface area (Å²) in [7, 11) is 0. The molecular weight excluding hydrogens is 232 g/mol. The molecule has 0 heterocycles. The lowest BCUT2D eigenvalue weighted by molar-refractivity contribution is 1.08. The van der Waals surface area contributed by atoms with Gasteiger partial charge < -0.3 is 0 Å². The second kappa shape index (κ2) is 6.00. The van der Waals surface area contributed by atoms with E-state index in [1.54, 1.807) is 12.1 Å². The van der Waals surface area contributed by atoms with Crippen LogP contribution in [0, 0.1) is 0 Å². The second-order valence-electron chi connectivity index (χ2n) is 3.49. The maximum Gasteiger partial charge on any atom is 0.0952 e. The zero-order valence-corrected chi connectivity index (χ0v) is 9.93. The van der Waals surface area contributed by atoms with Crippen LogP contribution in [-0.4, -0.2) is 6.01 Å². The fraction of sp³-hybridized carbons (Fsp3) is 0.0714. The topological polar surface area (TPSA) is 24.7 Å². The number of nitrogens with zero attached hydrogens (tertiary/aromatic N) is 2. The van der Waals surface area contributed by atoms with Crippen LogP contribution in [0.4, 0.5) is 5.69 Å². The maximum absolute atomic E-state index is 5.77. The number of hydrogen-bond acceptors (Lipinski definition) is 2. The van der Waals surface area contributed by atoms with E-state index < -0.39 is 0 Å². The average molecular weight is 243 g/mol. The zero-order chi connectivity index (χ0) is 11.9. The van der Waals surface area contributed by atoms with Crippen molar-refractivity contribution in [3.63, 3.8) is 0 Å². The molecule has 0 unspecified atom stereocenters. The van der Waals surface area contributed by atoms with Gasteiger partial charge in [0.1, 0.15) is 0 Å². The molecule has 0 saturated heterocycles. The third-order valence-corrected chi connectivity index (χ3v) is 2.43. The molecule has 2 aromatic rings. The van der Waals surface area contributed by atoms with Crippen molar-refractivity contribution in [1.29, 1.82) is 0 Å². The highest BCUT2D eigenvalue weighted by Crippen LogP contribution is 2.15. The first-order valence-corrected chi connectivity index (χ1v) is 5.64. The van der Waals surface area contributed by atoms with Crippen molar-refractivity contribution in [3.05, 3.63) is 65.2 Å². The second-order valence-corrected chi connectivity index (χ2v) is 3.93. The molecule has 2 aromatic carbocycles. The van der Waals surface area contributed by atoms with E-state index in [0.29, 0.717) is 11.6 Å². The molecule has 0 amide bonds. The van der Waals surface area contributed by atoms with Crippen LogP contribution >= 0.6 is 11.6 Å². The van der Waals surface area contributed by atoms with Gasteiger partial charge in [0, 0.05) is 5.02 Å². The molecule has 0 radical (unpaired) electrons. The van der Waals surface area contributed by atoms with Crippen LogP contribution in [-0.2, 0) is 6.54 Å². The molecule has 2 nitrogen and oxygen atoms in total. The Morgan fingerprint density at radius 3 is 2.35 bits per heavy atom. The van der Waals surface area contributed by atoms with Crippen molar-refractivity contribution in [3.8, 4) is 0 Å². The highest BCUT2D eigenvalue weighted by Gasteiger charge is 1.88. The Bertz CT molecular complexity index is 526. The molecule has 3 heteroatoms. The number of halogens is 1. The largest absolute Gasteiger partial charge is 0.221 e. The van der Waals surface area contributed by atoms with Crippen LogP contribution in [0.25, 0.3) is 0 Å². The Morgan fingerprint density at radius 1 is 0.941 bits per heavy atom. The summed E-state index contributed by atoms with van der Waals surface area (Å²) in [5.41, 5.74) is 1.94. The van der Waals surface area contributed by atoms with E-state index in [-0.39, 0.29) is 0 Å². The van der Waals surface area contributed by atoms with Crippen molar-refractivity contribution in [1.82, 2.24) is 0 Å². The van der Waals surface area contributed by atoms with Crippen molar-refractivity contribution in [2.75, 3.05) is 0 Å². The number of hydrogen-bond donors (Lipinski definition) is 0. The normalized spacial score (nSPS) is 9.47. The van der Waals surface area contributed by atoms with Crippen molar-refractivity contribution in [2.24, 2.45) is 9.98 Å². The Balaban J connectivity index is 1.99. The standard InChI is InChI=1S/C14H11ClN2/c15-13-6-8-14(9-7-13)17-11-16-10-12-4-2-1-3-5-12/h1-9H,10H2. The Hall–Kier alpha value is -1.89. The summed E-state index contributed by atoms with van der Waals surface area (Å²) in [5, 5.41) is 0.699. The number of rotatable bonds is 3. The minimum absolute atomic E-state index is 0.595. The molecule has 0 N–H and O–H groups in total. The van der Waals surface area contributed by atoms with Crippen LogP contribution in [0.15, 0.2) is 64.6 Å². The molecule has 84 valence electrons. The van der Waals surface area contributed by atoms with Gasteiger partial charge >= 0.3 is 0 Å². The molecule has 0 atom stereocenters. The minimum Gasteiger partial charge on any atom is -0.221 e. The molecule has 0 aromatic heterocycles. The van der Waals surface area contributed by atoms with Gasteiger partial charge in [0.25, 0.3) is 0 Å². The fourth-order valence-electron chi connectivity index (χ4n) is 1.32. The summed E-state index contributed by atoms with van der Waals surface area (Å²) in [4.78, 5) is 8.20. The maximum atomic E-state index is 5.77. The van der Waals surface area contributed by atoms with Crippen molar-refractivity contribution < 1.29 is 0 Å². The van der Waals surface area contributed by atoms with Crippen LogP contribution in [0.3, 0.4) is 0 Å². The van der Waals surface area contributed by atoms with Crippen LogP contribution in [0.1, 0.15) is 5.56 Å². The highest BCUT2D eigenvalue weighted by atomic mass is 35.5. The molecule has 2 rings (SSSR count). The monoisotopic (exact) mass is 242 g/mol. The smallest absolute Gasteiger partial charge is 0.0952 e. The SMILES string of the molecule is Clc1ccc(N=C=NCc2ccccc2)cc1. The summed E-state index contributed by atoms with van der Waals surface area (Å²) in [5.74, 6) is 0. The van der Waals surface area contributed by atoms with Crippen molar-refractivity contribution >= 4 is 23.3 Å². The highest BCUT2D eigenvalue weighted by molar-refractivity contribution is 6.30. The zero-order valence-electron chi connectivity index (χ0n) is 9.18. The van der Waals surface area contributed by atoms with E-state index in [9.17, 15) is 0 Å². The lowest BCUT2D eigenvalue weighted by atomic mass is 10.2. The molecule has 0 saturated carbocycles. The van der Waals surface area contributed by atoms with Gasteiger partial charge in [-0.05, 0) is 29.8 Å². The van der Waals surface area contributed by atoms with Gasteiger partial charge in [0.05, 0.1) is 18.2 Å². The summed E-state index contributed by atoms with van der Waals surface area (Å²) >= 11 is 5.77. The predicted molar refractivity (Wildman–Crippen MR) is 71.1 cm³/mol. The van der Waals surface area contributed by atoms with E-state index in [4.69, 9.17) is 11.6 Å². The van der Waals surface area contributed by atoms with Crippen LogP contribution in [0.5, 0.6) is 0 Å². The molecular formula is C14H11ClN2. The predicted octanol–water partition coefficient (Wildman–Crippen LogP) is 4.35. The van der Waals surface area contributed by atoms with E-state index in [0.717, 1.165) is 11.3 Å². The first-order chi connectivity index (χ1) is 8.34. The average Bonchev–Trinajstić information content (AvgIpc) is 2.38. The van der Waals surface area contributed by atoms with Crippen LogP contribution < -0.4 is 0 Å². The van der Waals surface area contributed by atoms with E-state index in [2.05, 4.69) is 16.0 Å². The third-order valence-electron chi connectivity index (χ3n) is 2.18. The lowest BCUT2D eigenvalue weighted by Gasteiger charge is -1.92. The molecule has 0 fully saturated rings. The Kier molecular flexibility index (Phi) is 4.09. The number of benzene rings is 2. The van der Waals surface area contributed by atoms with Gasteiger partial charge in [-0.15, -0.1) is 0 Å². The summed E-state index contributed by atoms with van der Waals surface area (Å²) in [6.45, 7) is 0.595. The fourth-order valence-corrected chi connectivity index (χ4v) is 1.44. The summed E-state index contributed by atoms with van der Waals surface area (Å²) in [6, 6.07) is 19.9. The quantitative estimate of drug-likeness (QED) is 0.715. The van der Waals surface area contributed by atoms with Gasteiger partial charge in [-0.25, -0.2) is 4.99 Å². The van der Waals surface area contributed by atoms with Gasteiger partial charge in [0.2, 0.25) is 0 Å². The lowest BCUT2D eigenvalue weighted by Crippen LogP contribution is -1.77. The Labute approximate surface area is 105 Å². The summed E-state index contributed by atoms with van der Waals surface area (Å²) < 4.78 is 0. The van der Waals surface area contributed by atoms with Gasteiger partial charge in [-0.3, -0.25) is 0 Å². The van der Waals surface area contributed by atoms with E-state index in [1.165, 1.54) is 0 Å². The summed E-state index contributed by atoms with van der Waals surface area (Å²) in [6.07, 6.45) is 0. The third kappa shape index (κ3) is 3.87. The number of aliphatic imine (C=N–C) groups is 2. The van der Waals surface area contributed by atoms with Crippen molar-refractivity contribution in [2.45, 2.75) is 6.54 Å². The first kappa shape index (κ1) is 11.6. The van der Waals surface area contributed by atoms with Gasteiger partial charge in [-0.1, -0.05) is 41.9 Å². The molecule has 0 bridgehead atoms. The van der Waals surface area contributed by atoms with Gasteiger partial charge in [0.15, 0.2) is 0 Å². The Morgan fingerprint density at radius 2 is 1.65 bits per heavy atom. The molecule has 0 aliphatic heterocycles.